The summed E-state index contributed by atoms with van der Waals surface area (Å²) in [5.74, 6) is -1.03. The highest BCUT2D eigenvalue weighted by Gasteiger charge is 2.31. The number of thioether (sulfide) groups is 1. The van der Waals surface area contributed by atoms with Gasteiger partial charge in [0.1, 0.15) is 4.32 Å². The zero-order chi connectivity index (χ0) is 15.4. The zero-order valence-electron chi connectivity index (χ0n) is 10.9. The van der Waals surface area contributed by atoms with Gasteiger partial charge < -0.3 is 5.11 Å². The number of halogens is 1. The van der Waals surface area contributed by atoms with Crippen LogP contribution in [0.3, 0.4) is 0 Å². The molecule has 1 fully saturated rings. The number of aliphatic carboxylic acids is 1. The molecule has 1 aromatic rings. The van der Waals surface area contributed by atoms with E-state index >= 15 is 0 Å². The van der Waals surface area contributed by atoms with Gasteiger partial charge in [0, 0.05) is 17.4 Å². The van der Waals surface area contributed by atoms with Crippen molar-refractivity contribution in [3.63, 3.8) is 0 Å². The van der Waals surface area contributed by atoms with E-state index in [1.165, 1.54) is 16.7 Å². The minimum atomic E-state index is -0.870. The Morgan fingerprint density at radius 3 is 2.90 bits per heavy atom. The molecule has 1 aromatic carbocycles. The Hall–Kier alpha value is -1.18. The highest BCUT2D eigenvalue weighted by Crippen LogP contribution is 2.32. The number of hydrogen-bond donors (Lipinski definition) is 1. The van der Waals surface area contributed by atoms with E-state index in [9.17, 15) is 9.59 Å². The van der Waals surface area contributed by atoms with Crippen LogP contribution in [0.25, 0.3) is 6.08 Å². The normalized spacial score (nSPS) is 16.8. The van der Waals surface area contributed by atoms with Crippen molar-refractivity contribution in [1.82, 2.24) is 4.90 Å². The molecular weight excluding hydrogens is 374 g/mol. The van der Waals surface area contributed by atoms with E-state index in [0.717, 1.165) is 10.0 Å². The molecule has 0 radical (unpaired) electrons. The van der Waals surface area contributed by atoms with Gasteiger partial charge >= 0.3 is 5.97 Å². The zero-order valence-corrected chi connectivity index (χ0v) is 14.1. The molecule has 2 rings (SSSR count). The van der Waals surface area contributed by atoms with Gasteiger partial charge in [0.25, 0.3) is 5.91 Å². The van der Waals surface area contributed by atoms with Crippen molar-refractivity contribution in [3.05, 3.63) is 39.2 Å². The molecule has 1 heterocycles. The quantitative estimate of drug-likeness (QED) is 0.620. The lowest BCUT2D eigenvalue weighted by molar-refractivity contribution is -0.137. The first-order valence-electron chi connectivity index (χ1n) is 6.20. The molecule has 1 amide bonds. The molecule has 4 nitrogen and oxygen atoms in total. The maximum Gasteiger partial charge on any atom is 0.303 e. The lowest BCUT2D eigenvalue weighted by Gasteiger charge is -2.13. The number of amides is 1. The van der Waals surface area contributed by atoms with Gasteiger partial charge in [-0.25, -0.2) is 0 Å². The third-order valence-electron chi connectivity index (χ3n) is 2.79. The summed E-state index contributed by atoms with van der Waals surface area (Å²) in [6.07, 6.45) is 2.22. The summed E-state index contributed by atoms with van der Waals surface area (Å²) in [6, 6.07) is 7.62. The van der Waals surface area contributed by atoms with Crippen LogP contribution in [0.5, 0.6) is 0 Å². The first-order valence-corrected chi connectivity index (χ1v) is 8.22. The summed E-state index contributed by atoms with van der Waals surface area (Å²) in [6.45, 7) is 0.340. The Balaban J connectivity index is 2.08. The van der Waals surface area contributed by atoms with E-state index < -0.39 is 5.97 Å². The first kappa shape index (κ1) is 16.2. The van der Waals surface area contributed by atoms with E-state index in [2.05, 4.69) is 15.9 Å². The van der Waals surface area contributed by atoms with Crippen LogP contribution >= 0.6 is 39.9 Å². The standard InChI is InChI=1S/C14H12BrNO3S2/c15-10-4-1-3-9(7-10)8-11-13(19)16(14(20)21-11)6-2-5-12(17)18/h1,3-4,7-8H,2,5-6H2,(H,17,18). The fourth-order valence-corrected chi connectivity index (χ4v) is 3.55. The number of rotatable bonds is 5. The minimum absolute atomic E-state index is 0.0295. The maximum absolute atomic E-state index is 12.3. The van der Waals surface area contributed by atoms with Crippen LogP contribution in [0.2, 0.25) is 0 Å². The molecule has 110 valence electrons. The van der Waals surface area contributed by atoms with Crippen molar-refractivity contribution in [2.45, 2.75) is 12.8 Å². The predicted molar refractivity (Wildman–Crippen MR) is 90.9 cm³/mol. The predicted octanol–water partition coefficient (Wildman–Crippen LogP) is 3.52. The van der Waals surface area contributed by atoms with Crippen LogP contribution in [0.15, 0.2) is 33.6 Å². The summed E-state index contributed by atoms with van der Waals surface area (Å²) in [7, 11) is 0. The van der Waals surface area contributed by atoms with E-state index in [0.29, 0.717) is 22.2 Å². The molecule has 1 N–H and O–H groups in total. The third-order valence-corrected chi connectivity index (χ3v) is 4.66. The molecule has 0 aliphatic carbocycles. The Morgan fingerprint density at radius 2 is 2.24 bits per heavy atom. The fraction of sp³-hybridized carbons (Fsp3) is 0.214. The summed E-state index contributed by atoms with van der Waals surface area (Å²) in [5, 5.41) is 8.63. The van der Waals surface area contributed by atoms with Crippen LogP contribution in [0, 0.1) is 0 Å². The van der Waals surface area contributed by atoms with Crippen molar-refractivity contribution in [2.24, 2.45) is 0 Å². The number of carbonyl (C=O) groups is 2. The highest BCUT2D eigenvalue weighted by molar-refractivity contribution is 9.10. The first-order chi connectivity index (χ1) is 9.97. The van der Waals surface area contributed by atoms with Crippen LogP contribution < -0.4 is 0 Å². The van der Waals surface area contributed by atoms with Crippen molar-refractivity contribution >= 4 is 62.2 Å². The van der Waals surface area contributed by atoms with Gasteiger partial charge in [-0.05, 0) is 30.2 Å². The SMILES string of the molecule is O=C(O)CCCN1C(=O)C(=Cc2cccc(Br)c2)SC1=S. The van der Waals surface area contributed by atoms with Crippen molar-refractivity contribution < 1.29 is 14.7 Å². The minimum Gasteiger partial charge on any atom is -0.481 e. The van der Waals surface area contributed by atoms with Gasteiger partial charge in [0.15, 0.2) is 0 Å². The van der Waals surface area contributed by atoms with Crippen LogP contribution in [-0.2, 0) is 9.59 Å². The van der Waals surface area contributed by atoms with Crippen LogP contribution in [-0.4, -0.2) is 32.7 Å². The van der Waals surface area contributed by atoms with Crippen LogP contribution in [0.4, 0.5) is 0 Å². The second-order valence-electron chi connectivity index (χ2n) is 4.39. The molecule has 1 aliphatic heterocycles. The van der Waals surface area contributed by atoms with Crippen molar-refractivity contribution in [3.8, 4) is 0 Å². The molecule has 21 heavy (non-hydrogen) atoms. The molecule has 7 heteroatoms. The molecule has 0 atom stereocenters. The molecule has 0 aromatic heterocycles. The summed E-state index contributed by atoms with van der Waals surface area (Å²) >= 11 is 9.82. The van der Waals surface area contributed by atoms with E-state index in [1.54, 1.807) is 6.08 Å². The molecule has 0 unspecified atom stereocenters. The topological polar surface area (TPSA) is 57.6 Å². The highest BCUT2D eigenvalue weighted by atomic mass is 79.9. The lowest BCUT2D eigenvalue weighted by atomic mass is 10.2. The number of thiocarbonyl (C=S) groups is 1. The van der Waals surface area contributed by atoms with Gasteiger partial charge in [0.2, 0.25) is 0 Å². The molecule has 1 saturated heterocycles. The molecule has 0 spiro atoms. The molecule has 0 bridgehead atoms. The monoisotopic (exact) mass is 385 g/mol. The number of nitrogens with zero attached hydrogens (tertiary/aromatic N) is 1. The second kappa shape index (κ2) is 7.20. The molecule has 1 aliphatic rings. The Morgan fingerprint density at radius 1 is 1.48 bits per heavy atom. The van der Waals surface area contributed by atoms with Gasteiger partial charge in [-0.1, -0.05) is 52.0 Å². The summed E-state index contributed by atoms with van der Waals surface area (Å²) in [5.41, 5.74) is 0.912. The largest absolute Gasteiger partial charge is 0.481 e. The van der Waals surface area contributed by atoms with Gasteiger partial charge in [-0.3, -0.25) is 14.5 Å². The number of hydrogen-bond acceptors (Lipinski definition) is 4. The van der Waals surface area contributed by atoms with Gasteiger partial charge in [0.05, 0.1) is 4.91 Å². The number of carbonyl (C=O) groups excluding carboxylic acids is 1. The third kappa shape index (κ3) is 4.39. The summed E-state index contributed by atoms with van der Waals surface area (Å²) in [4.78, 5) is 24.8. The average Bonchev–Trinajstić information content (AvgIpc) is 2.66. The number of benzene rings is 1. The molecule has 0 saturated carbocycles. The number of carboxylic acid groups (broad SMARTS) is 1. The Bertz CT molecular complexity index is 630. The smallest absolute Gasteiger partial charge is 0.303 e. The van der Waals surface area contributed by atoms with Gasteiger partial charge in [-0.2, -0.15) is 0 Å². The van der Waals surface area contributed by atoms with Crippen LogP contribution in [0.1, 0.15) is 18.4 Å². The maximum atomic E-state index is 12.3. The van der Waals surface area contributed by atoms with E-state index in [-0.39, 0.29) is 12.3 Å². The van der Waals surface area contributed by atoms with E-state index in [1.807, 2.05) is 24.3 Å². The van der Waals surface area contributed by atoms with Crippen molar-refractivity contribution in [1.29, 1.82) is 0 Å². The Kier molecular flexibility index (Phi) is 5.55. The number of carboxylic acids is 1. The summed E-state index contributed by atoms with van der Waals surface area (Å²) < 4.78 is 1.42. The van der Waals surface area contributed by atoms with Crippen molar-refractivity contribution in [2.75, 3.05) is 6.54 Å². The van der Waals surface area contributed by atoms with E-state index in [4.69, 9.17) is 17.3 Å². The molecular formula is C14H12BrNO3S2. The Labute approximate surface area is 140 Å². The second-order valence-corrected chi connectivity index (χ2v) is 6.98. The van der Waals surface area contributed by atoms with Gasteiger partial charge in [-0.15, -0.1) is 0 Å². The fourth-order valence-electron chi connectivity index (χ4n) is 1.83. The average molecular weight is 386 g/mol. The lowest BCUT2D eigenvalue weighted by Crippen LogP contribution is -2.29.